The van der Waals surface area contributed by atoms with Gasteiger partial charge in [0.25, 0.3) is 0 Å². The molecule has 1 aromatic heterocycles. The van der Waals surface area contributed by atoms with Crippen LogP contribution in [0, 0.1) is 0 Å². The monoisotopic (exact) mass is 307 g/mol. The van der Waals surface area contributed by atoms with Crippen LogP contribution in [0.1, 0.15) is 13.8 Å². The predicted molar refractivity (Wildman–Crippen MR) is 95.7 cm³/mol. The number of fused-ring (bicyclic) bond motifs is 1. The lowest BCUT2D eigenvalue weighted by Crippen LogP contribution is -2.34. The summed E-state index contributed by atoms with van der Waals surface area (Å²) < 4.78 is 0. The number of hydrogen-bond donors (Lipinski definition) is 2. The van der Waals surface area contributed by atoms with Gasteiger partial charge in [-0.05, 0) is 49.2 Å². The SMILES string of the molecule is CCN(CC)C(=O)Nc1ccc(-c2cccc3[nH]ccc23)cc1. The van der Waals surface area contributed by atoms with Crippen LogP contribution in [0.5, 0.6) is 0 Å². The Balaban J connectivity index is 1.82. The van der Waals surface area contributed by atoms with Crippen molar-refractivity contribution in [2.45, 2.75) is 13.8 Å². The van der Waals surface area contributed by atoms with Crippen molar-refractivity contribution < 1.29 is 4.79 Å². The quantitative estimate of drug-likeness (QED) is 0.720. The lowest BCUT2D eigenvalue weighted by atomic mass is 10.0. The molecule has 0 fully saturated rings. The van der Waals surface area contributed by atoms with Gasteiger partial charge in [0.2, 0.25) is 0 Å². The first kappa shape index (κ1) is 15.2. The molecule has 0 spiro atoms. The van der Waals surface area contributed by atoms with E-state index in [9.17, 15) is 4.79 Å². The maximum absolute atomic E-state index is 12.1. The lowest BCUT2D eigenvalue weighted by molar-refractivity contribution is 0.217. The fourth-order valence-electron chi connectivity index (χ4n) is 2.78. The molecule has 2 aromatic carbocycles. The van der Waals surface area contributed by atoms with E-state index >= 15 is 0 Å². The van der Waals surface area contributed by atoms with Crippen molar-refractivity contribution >= 4 is 22.6 Å². The fraction of sp³-hybridized carbons (Fsp3) is 0.211. The minimum atomic E-state index is -0.0597. The molecular formula is C19H21N3O. The Hall–Kier alpha value is -2.75. The van der Waals surface area contributed by atoms with Crippen LogP contribution in [0.15, 0.2) is 54.7 Å². The van der Waals surface area contributed by atoms with E-state index in [0.29, 0.717) is 13.1 Å². The van der Waals surface area contributed by atoms with E-state index in [2.05, 4.69) is 28.5 Å². The number of amides is 2. The summed E-state index contributed by atoms with van der Waals surface area (Å²) in [6.45, 7) is 5.36. The van der Waals surface area contributed by atoms with E-state index in [4.69, 9.17) is 0 Å². The highest BCUT2D eigenvalue weighted by molar-refractivity contribution is 5.95. The highest BCUT2D eigenvalue weighted by atomic mass is 16.2. The highest BCUT2D eigenvalue weighted by Gasteiger charge is 2.09. The van der Waals surface area contributed by atoms with Crippen LogP contribution < -0.4 is 5.32 Å². The number of aromatic amines is 1. The van der Waals surface area contributed by atoms with Gasteiger partial charge in [0.1, 0.15) is 0 Å². The molecule has 0 radical (unpaired) electrons. The first-order valence-electron chi connectivity index (χ1n) is 7.95. The van der Waals surface area contributed by atoms with Gasteiger partial charge in [-0.2, -0.15) is 0 Å². The number of hydrogen-bond acceptors (Lipinski definition) is 1. The zero-order valence-corrected chi connectivity index (χ0v) is 13.5. The zero-order chi connectivity index (χ0) is 16.2. The van der Waals surface area contributed by atoms with E-state index in [1.54, 1.807) is 4.90 Å². The summed E-state index contributed by atoms with van der Waals surface area (Å²) in [5.74, 6) is 0. The topological polar surface area (TPSA) is 48.1 Å². The van der Waals surface area contributed by atoms with Crippen molar-refractivity contribution in [1.82, 2.24) is 9.88 Å². The minimum absolute atomic E-state index is 0.0597. The summed E-state index contributed by atoms with van der Waals surface area (Å²) in [7, 11) is 0. The van der Waals surface area contributed by atoms with E-state index < -0.39 is 0 Å². The summed E-state index contributed by atoms with van der Waals surface area (Å²) in [4.78, 5) is 17.1. The van der Waals surface area contributed by atoms with Crippen LogP contribution in [-0.2, 0) is 0 Å². The molecule has 4 heteroatoms. The Labute approximate surface area is 136 Å². The molecule has 3 aromatic rings. The van der Waals surface area contributed by atoms with E-state index in [-0.39, 0.29) is 6.03 Å². The van der Waals surface area contributed by atoms with Gasteiger partial charge in [0, 0.05) is 35.9 Å². The number of benzene rings is 2. The number of anilines is 1. The van der Waals surface area contributed by atoms with Gasteiger partial charge in [-0.1, -0.05) is 24.3 Å². The molecule has 118 valence electrons. The standard InChI is InChI=1S/C19H21N3O/c1-3-22(4-2)19(23)21-15-10-8-14(9-11-15)16-6-5-7-18-17(16)12-13-20-18/h5-13,20H,3-4H2,1-2H3,(H,21,23). The second-order valence-corrected chi connectivity index (χ2v) is 5.42. The van der Waals surface area contributed by atoms with Gasteiger partial charge in [-0.3, -0.25) is 0 Å². The molecule has 0 saturated carbocycles. The molecule has 0 aliphatic heterocycles. The van der Waals surface area contributed by atoms with Gasteiger partial charge >= 0.3 is 6.03 Å². The average molecular weight is 307 g/mol. The van der Waals surface area contributed by atoms with Gasteiger partial charge in [0.05, 0.1) is 0 Å². The lowest BCUT2D eigenvalue weighted by Gasteiger charge is -2.19. The Bertz CT molecular complexity index is 801. The van der Waals surface area contributed by atoms with E-state index in [0.717, 1.165) is 16.8 Å². The number of rotatable bonds is 4. The second kappa shape index (κ2) is 6.57. The van der Waals surface area contributed by atoms with Crippen molar-refractivity contribution in [1.29, 1.82) is 0 Å². The highest BCUT2D eigenvalue weighted by Crippen LogP contribution is 2.28. The van der Waals surface area contributed by atoms with Crippen LogP contribution in [0.3, 0.4) is 0 Å². The molecule has 2 amide bonds. The number of aromatic nitrogens is 1. The maximum Gasteiger partial charge on any atom is 0.321 e. The molecule has 0 bridgehead atoms. The normalized spacial score (nSPS) is 10.7. The summed E-state index contributed by atoms with van der Waals surface area (Å²) in [6.07, 6.45) is 1.95. The fourth-order valence-corrected chi connectivity index (χ4v) is 2.78. The Kier molecular flexibility index (Phi) is 4.33. The van der Waals surface area contributed by atoms with Gasteiger partial charge in [-0.15, -0.1) is 0 Å². The first-order chi connectivity index (χ1) is 11.2. The largest absolute Gasteiger partial charge is 0.361 e. The van der Waals surface area contributed by atoms with Crippen molar-refractivity contribution in [3.63, 3.8) is 0 Å². The van der Waals surface area contributed by atoms with Crippen molar-refractivity contribution in [2.24, 2.45) is 0 Å². The third kappa shape index (κ3) is 3.06. The van der Waals surface area contributed by atoms with Crippen LogP contribution in [-0.4, -0.2) is 29.0 Å². The molecule has 4 nitrogen and oxygen atoms in total. The second-order valence-electron chi connectivity index (χ2n) is 5.42. The van der Waals surface area contributed by atoms with Crippen LogP contribution in [0.2, 0.25) is 0 Å². The molecule has 0 atom stereocenters. The third-order valence-corrected chi connectivity index (χ3v) is 4.09. The maximum atomic E-state index is 12.1. The van der Waals surface area contributed by atoms with Crippen molar-refractivity contribution in [3.8, 4) is 11.1 Å². The Morgan fingerprint density at radius 2 is 1.78 bits per heavy atom. The summed E-state index contributed by atoms with van der Waals surface area (Å²) >= 11 is 0. The summed E-state index contributed by atoms with van der Waals surface area (Å²) in [5.41, 5.74) is 4.26. The average Bonchev–Trinajstić information content (AvgIpc) is 3.05. The smallest absolute Gasteiger partial charge is 0.321 e. The van der Waals surface area contributed by atoms with Gasteiger partial charge < -0.3 is 15.2 Å². The molecule has 0 aliphatic carbocycles. The van der Waals surface area contributed by atoms with E-state index in [1.165, 1.54) is 10.9 Å². The molecular weight excluding hydrogens is 286 g/mol. The number of nitrogens with one attached hydrogen (secondary N) is 2. The van der Waals surface area contributed by atoms with Crippen molar-refractivity contribution in [2.75, 3.05) is 18.4 Å². The van der Waals surface area contributed by atoms with Crippen LogP contribution in [0.25, 0.3) is 22.0 Å². The molecule has 2 N–H and O–H groups in total. The molecule has 0 saturated heterocycles. The van der Waals surface area contributed by atoms with E-state index in [1.807, 2.05) is 50.4 Å². The third-order valence-electron chi connectivity index (χ3n) is 4.09. The molecule has 0 aliphatic rings. The van der Waals surface area contributed by atoms with Crippen LogP contribution in [0.4, 0.5) is 10.5 Å². The summed E-state index contributed by atoms with van der Waals surface area (Å²) in [6, 6.07) is 16.2. The Morgan fingerprint density at radius 1 is 1.04 bits per heavy atom. The molecule has 3 rings (SSSR count). The Morgan fingerprint density at radius 3 is 2.48 bits per heavy atom. The zero-order valence-electron chi connectivity index (χ0n) is 13.5. The molecule has 0 unspecified atom stereocenters. The number of urea groups is 1. The predicted octanol–water partition coefficient (Wildman–Crippen LogP) is 4.71. The van der Waals surface area contributed by atoms with Gasteiger partial charge in [0.15, 0.2) is 0 Å². The summed E-state index contributed by atoms with van der Waals surface area (Å²) in [5, 5.41) is 4.14. The number of carbonyl (C=O) groups is 1. The minimum Gasteiger partial charge on any atom is -0.361 e. The number of H-pyrrole nitrogens is 1. The molecule has 1 heterocycles. The first-order valence-corrected chi connectivity index (χ1v) is 7.95. The van der Waals surface area contributed by atoms with Crippen LogP contribution >= 0.6 is 0 Å². The van der Waals surface area contributed by atoms with Gasteiger partial charge in [-0.25, -0.2) is 4.79 Å². The number of nitrogens with zero attached hydrogens (tertiary/aromatic N) is 1. The number of carbonyl (C=O) groups excluding carboxylic acids is 1. The van der Waals surface area contributed by atoms with Crippen molar-refractivity contribution in [3.05, 3.63) is 54.7 Å². The molecule has 23 heavy (non-hydrogen) atoms.